The van der Waals surface area contributed by atoms with Crippen LogP contribution in [0.5, 0.6) is 23.1 Å². The zero-order chi connectivity index (χ0) is 26.5. The molecule has 2 heterocycles. The second-order valence-corrected chi connectivity index (χ2v) is 8.60. The number of aromatic amines is 1. The molecule has 0 aliphatic rings. The predicted octanol–water partition coefficient (Wildman–Crippen LogP) is 3.38. The van der Waals surface area contributed by atoms with E-state index in [-0.39, 0.29) is 37.0 Å². The number of fused-ring (bicyclic) bond motifs is 2. The Morgan fingerprint density at radius 1 is 1.11 bits per heavy atom. The van der Waals surface area contributed by atoms with E-state index >= 15 is 4.39 Å². The average Bonchev–Trinajstić information content (AvgIpc) is 3.25. The number of hydrogen-bond acceptors (Lipinski definition) is 8. The summed E-state index contributed by atoms with van der Waals surface area (Å²) in [6, 6.07) is 8.16. The molecule has 0 bridgehead atoms. The number of amides is 1. The van der Waals surface area contributed by atoms with Crippen molar-refractivity contribution in [3.05, 3.63) is 48.2 Å². The summed E-state index contributed by atoms with van der Waals surface area (Å²) >= 11 is 0. The molecule has 0 saturated carbocycles. The van der Waals surface area contributed by atoms with E-state index in [4.69, 9.17) is 14.2 Å². The number of ether oxygens (including phenoxy) is 3. The summed E-state index contributed by atoms with van der Waals surface area (Å²) in [4.78, 5) is 23.1. The van der Waals surface area contributed by atoms with Crippen LogP contribution in [-0.4, -0.2) is 63.5 Å². The lowest BCUT2D eigenvalue weighted by atomic mass is 10.1. The highest BCUT2D eigenvalue weighted by Gasteiger charge is 2.19. The molecule has 4 N–H and O–H groups in total. The molecule has 37 heavy (non-hydrogen) atoms. The van der Waals surface area contributed by atoms with Gasteiger partial charge in [0.2, 0.25) is 11.8 Å². The van der Waals surface area contributed by atoms with Gasteiger partial charge in [0, 0.05) is 35.6 Å². The Kier molecular flexibility index (Phi) is 8.04. The third-order valence-electron chi connectivity index (χ3n) is 5.70. The van der Waals surface area contributed by atoms with Crippen molar-refractivity contribution in [3.63, 3.8) is 0 Å². The minimum atomic E-state index is -1.02. The van der Waals surface area contributed by atoms with E-state index in [1.165, 1.54) is 19.5 Å². The third-order valence-corrected chi connectivity index (χ3v) is 5.70. The topological polar surface area (TPSA) is 139 Å². The fraction of sp³-hybridized carbons (Fsp3) is 0.346. The van der Waals surface area contributed by atoms with Crippen molar-refractivity contribution in [2.45, 2.75) is 38.9 Å². The van der Waals surface area contributed by atoms with Gasteiger partial charge >= 0.3 is 0 Å². The van der Waals surface area contributed by atoms with Crippen molar-refractivity contribution in [2.24, 2.45) is 0 Å². The van der Waals surface area contributed by atoms with Crippen LogP contribution in [0.3, 0.4) is 0 Å². The van der Waals surface area contributed by atoms with Crippen molar-refractivity contribution in [1.29, 1.82) is 0 Å². The first-order chi connectivity index (χ1) is 17.8. The smallest absolute Gasteiger partial charge is 0.230 e. The Balaban J connectivity index is 1.51. The summed E-state index contributed by atoms with van der Waals surface area (Å²) in [5, 5.41) is 23.8. The molecule has 4 rings (SSSR count). The Morgan fingerprint density at radius 3 is 2.68 bits per heavy atom. The maximum absolute atomic E-state index is 15.1. The Hall–Kier alpha value is -3.96. The Bertz CT molecular complexity index is 1410. The lowest BCUT2D eigenvalue weighted by Gasteiger charge is -2.18. The van der Waals surface area contributed by atoms with Gasteiger partial charge < -0.3 is 34.7 Å². The molecule has 4 aromatic rings. The number of nitrogens with one attached hydrogen (secondary N) is 2. The molecular weight excluding hydrogens is 483 g/mol. The van der Waals surface area contributed by atoms with E-state index in [1.807, 2.05) is 6.92 Å². The summed E-state index contributed by atoms with van der Waals surface area (Å²) in [6.45, 7) is 3.94. The van der Waals surface area contributed by atoms with E-state index < -0.39 is 18.0 Å². The fourth-order valence-electron chi connectivity index (χ4n) is 4.00. The number of H-pyrrole nitrogens is 1. The number of aliphatic hydroxyl groups excluding tert-OH is 2. The largest absolute Gasteiger partial charge is 0.493 e. The molecule has 2 aromatic heterocycles. The van der Waals surface area contributed by atoms with E-state index in [1.54, 1.807) is 31.2 Å². The van der Waals surface area contributed by atoms with Gasteiger partial charge in [-0.25, -0.2) is 14.4 Å². The van der Waals surface area contributed by atoms with E-state index in [0.717, 1.165) is 5.69 Å². The summed E-state index contributed by atoms with van der Waals surface area (Å²) in [5.74, 6) is -0.0374. The lowest BCUT2D eigenvalue weighted by molar-refractivity contribution is -0.123. The molecule has 2 aromatic carbocycles. The van der Waals surface area contributed by atoms with Crippen LogP contribution in [0.15, 0.2) is 36.7 Å². The Morgan fingerprint density at radius 2 is 1.92 bits per heavy atom. The first kappa shape index (κ1) is 26.1. The first-order valence-corrected chi connectivity index (χ1v) is 11.8. The fourth-order valence-corrected chi connectivity index (χ4v) is 4.00. The van der Waals surface area contributed by atoms with Crippen molar-refractivity contribution in [2.75, 3.05) is 20.3 Å². The van der Waals surface area contributed by atoms with Crippen LogP contribution in [0.4, 0.5) is 4.39 Å². The van der Waals surface area contributed by atoms with Gasteiger partial charge in [-0.15, -0.1) is 0 Å². The molecule has 0 aliphatic heterocycles. The maximum atomic E-state index is 15.1. The van der Waals surface area contributed by atoms with Crippen molar-refractivity contribution >= 4 is 27.7 Å². The van der Waals surface area contributed by atoms with Gasteiger partial charge in [-0.1, -0.05) is 0 Å². The maximum Gasteiger partial charge on any atom is 0.230 e. The second kappa shape index (κ2) is 11.4. The molecule has 0 aliphatic carbocycles. The second-order valence-electron chi connectivity index (χ2n) is 8.60. The number of aromatic nitrogens is 3. The van der Waals surface area contributed by atoms with Crippen LogP contribution in [0.1, 0.15) is 25.5 Å². The quantitative estimate of drug-likeness (QED) is 0.240. The lowest BCUT2D eigenvalue weighted by Crippen LogP contribution is -2.30. The molecule has 196 valence electrons. The van der Waals surface area contributed by atoms with E-state index in [2.05, 4.69) is 20.3 Å². The van der Waals surface area contributed by atoms with Crippen molar-refractivity contribution in [1.82, 2.24) is 20.3 Å². The number of carbonyl (C=O) groups is 1. The predicted molar refractivity (Wildman–Crippen MR) is 135 cm³/mol. The minimum Gasteiger partial charge on any atom is -0.493 e. The SMILES string of the molecule is CCNC(=O)C[C@H](O)C[C@H](O)COc1cc2ncnc(Oc3ccc4[nH]c(C)cc4c3F)c2cc1OC. The highest BCUT2D eigenvalue weighted by Crippen LogP contribution is 2.37. The zero-order valence-electron chi connectivity index (χ0n) is 20.7. The molecule has 0 spiro atoms. The van der Waals surface area contributed by atoms with Crippen molar-refractivity contribution < 1.29 is 33.6 Å². The first-order valence-electron chi connectivity index (χ1n) is 11.8. The molecular formula is C26H29FN4O6. The molecule has 2 atom stereocenters. The molecule has 0 fully saturated rings. The summed E-state index contributed by atoms with van der Waals surface area (Å²) in [5.41, 5.74) is 1.94. The molecule has 0 unspecified atom stereocenters. The highest BCUT2D eigenvalue weighted by atomic mass is 19.1. The van der Waals surface area contributed by atoms with Gasteiger partial charge in [0.15, 0.2) is 23.1 Å². The van der Waals surface area contributed by atoms with Gasteiger partial charge in [0.1, 0.15) is 12.9 Å². The molecule has 11 heteroatoms. The van der Waals surface area contributed by atoms with Crippen LogP contribution in [0, 0.1) is 12.7 Å². The number of carbonyl (C=O) groups excluding carboxylic acids is 1. The number of benzene rings is 2. The van der Waals surface area contributed by atoms with Crippen LogP contribution in [-0.2, 0) is 4.79 Å². The number of rotatable bonds is 11. The molecule has 10 nitrogen and oxygen atoms in total. The van der Waals surface area contributed by atoms with Gasteiger partial charge in [0.05, 0.1) is 36.6 Å². The third kappa shape index (κ3) is 6.07. The van der Waals surface area contributed by atoms with Gasteiger partial charge in [0.25, 0.3) is 0 Å². The van der Waals surface area contributed by atoms with E-state index in [9.17, 15) is 15.0 Å². The number of methoxy groups -OCH3 is 1. The van der Waals surface area contributed by atoms with Gasteiger partial charge in [-0.2, -0.15) is 0 Å². The molecule has 1 amide bonds. The van der Waals surface area contributed by atoms with Gasteiger partial charge in [-0.05, 0) is 38.1 Å². The summed E-state index contributed by atoms with van der Waals surface area (Å²) < 4.78 is 32.1. The normalized spacial score (nSPS) is 12.9. The average molecular weight is 513 g/mol. The monoisotopic (exact) mass is 512 g/mol. The summed E-state index contributed by atoms with van der Waals surface area (Å²) in [7, 11) is 1.45. The minimum absolute atomic E-state index is 0.0140. The number of halogens is 1. The van der Waals surface area contributed by atoms with E-state index in [0.29, 0.717) is 39.8 Å². The van der Waals surface area contributed by atoms with Gasteiger partial charge in [-0.3, -0.25) is 4.79 Å². The van der Waals surface area contributed by atoms with Crippen LogP contribution in [0.25, 0.3) is 21.8 Å². The molecule has 0 radical (unpaired) electrons. The standard InChI is InChI=1S/C26H29FN4O6/c1-4-28-24(34)9-15(32)8-16(33)12-36-23-11-20-18(10-22(23)35-3)26(30-13-29-20)37-21-6-5-19-17(25(21)27)7-14(2)31-19/h5-7,10-11,13,15-16,31-33H,4,8-9,12H2,1-3H3,(H,28,34)/t15-,16+/m1/s1. The number of aryl methyl sites for hydroxylation is 1. The number of hydrogen-bond donors (Lipinski definition) is 4. The number of aliphatic hydroxyl groups is 2. The van der Waals surface area contributed by atoms with Crippen LogP contribution < -0.4 is 19.5 Å². The summed E-state index contributed by atoms with van der Waals surface area (Å²) in [6.07, 6.45) is -0.891. The highest BCUT2D eigenvalue weighted by molar-refractivity contribution is 5.87. The Labute approximate surface area is 212 Å². The zero-order valence-corrected chi connectivity index (χ0v) is 20.7. The molecule has 0 saturated heterocycles. The number of nitrogens with zero attached hydrogens (tertiary/aromatic N) is 2. The van der Waals surface area contributed by atoms with Crippen LogP contribution >= 0.6 is 0 Å². The van der Waals surface area contributed by atoms with Crippen LogP contribution in [0.2, 0.25) is 0 Å². The van der Waals surface area contributed by atoms with Crippen molar-refractivity contribution in [3.8, 4) is 23.1 Å².